The van der Waals surface area contributed by atoms with Crippen molar-refractivity contribution in [3.8, 4) is 0 Å². The van der Waals surface area contributed by atoms with Gasteiger partial charge in [0.15, 0.2) is 0 Å². The van der Waals surface area contributed by atoms with E-state index in [-0.39, 0.29) is 6.61 Å². The molecule has 0 aliphatic carbocycles. The minimum absolute atomic E-state index is 0.262. The number of aliphatic hydroxyl groups is 1. The Hall–Kier alpha value is -0.170. The molecule has 5 nitrogen and oxygen atoms in total. The second-order valence-electron chi connectivity index (χ2n) is 1.75. The van der Waals surface area contributed by atoms with Gasteiger partial charge in [-0.25, -0.2) is 8.42 Å². The van der Waals surface area contributed by atoms with E-state index in [0.717, 1.165) is 0 Å². The van der Waals surface area contributed by atoms with Crippen molar-refractivity contribution in [2.45, 2.75) is 5.25 Å². The summed E-state index contributed by atoms with van der Waals surface area (Å²) in [4.78, 5) is 0. The maximum absolute atomic E-state index is 10.2. The standard InChI is InChI=1S/C4H10O5S/c1-9-3-4(2-5)10(6,7)8/h4-5H,2-3H2,1H3,(H,6,7,8)/p-1. The van der Waals surface area contributed by atoms with Crippen molar-refractivity contribution in [1.82, 2.24) is 0 Å². The first-order chi connectivity index (χ1) is 4.52. The smallest absolute Gasteiger partial charge is 0.102 e. The minimum atomic E-state index is -4.40. The molecule has 0 radical (unpaired) electrons. The SMILES string of the molecule is COCC(CO)S(=O)(=O)[O-]. The third-order valence-electron chi connectivity index (χ3n) is 0.964. The molecule has 0 rings (SSSR count). The molecule has 0 saturated heterocycles. The van der Waals surface area contributed by atoms with Crippen LogP contribution in [0.1, 0.15) is 0 Å². The highest BCUT2D eigenvalue weighted by Crippen LogP contribution is 1.96. The van der Waals surface area contributed by atoms with E-state index in [9.17, 15) is 13.0 Å². The maximum atomic E-state index is 10.2. The Morgan fingerprint density at radius 2 is 2.20 bits per heavy atom. The van der Waals surface area contributed by atoms with Gasteiger partial charge in [0, 0.05) is 7.11 Å². The highest BCUT2D eigenvalue weighted by Gasteiger charge is 2.13. The van der Waals surface area contributed by atoms with E-state index in [4.69, 9.17) is 5.11 Å². The normalized spacial score (nSPS) is 15.1. The molecule has 0 fully saturated rings. The molecule has 0 spiro atoms. The van der Waals surface area contributed by atoms with Gasteiger partial charge in [-0.15, -0.1) is 0 Å². The summed E-state index contributed by atoms with van der Waals surface area (Å²) in [6.45, 7) is -0.956. The first-order valence-electron chi connectivity index (χ1n) is 2.57. The molecule has 0 aromatic heterocycles. The number of hydrogen-bond donors (Lipinski definition) is 1. The summed E-state index contributed by atoms with van der Waals surface area (Å²) >= 11 is 0. The van der Waals surface area contributed by atoms with Crippen molar-refractivity contribution in [3.63, 3.8) is 0 Å². The molecule has 10 heavy (non-hydrogen) atoms. The molecule has 0 amide bonds. The van der Waals surface area contributed by atoms with Gasteiger partial charge < -0.3 is 14.4 Å². The molecule has 0 aromatic carbocycles. The van der Waals surface area contributed by atoms with Crippen LogP contribution in [-0.2, 0) is 14.9 Å². The zero-order valence-corrected chi connectivity index (χ0v) is 6.30. The van der Waals surface area contributed by atoms with Gasteiger partial charge in [0.25, 0.3) is 0 Å². The molecule has 0 heterocycles. The summed E-state index contributed by atoms with van der Waals surface area (Å²) in [7, 11) is -3.14. The Bertz CT molecular complexity index is 172. The van der Waals surface area contributed by atoms with Crippen molar-refractivity contribution in [3.05, 3.63) is 0 Å². The van der Waals surface area contributed by atoms with Crippen LogP contribution in [0.25, 0.3) is 0 Å². The highest BCUT2D eigenvalue weighted by molar-refractivity contribution is 7.86. The molecule has 0 aromatic rings. The summed E-state index contributed by atoms with van der Waals surface area (Å²) < 4.78 is 34.9. The second-order valence-corrected chi connectivity index (χ2v) is 3.40. The quantitative estimate of drug-likeness (QED) is 0.520. The van der Waals surface area contributed by atoms with Crippen LogP contribution in [0.5, 0.6) is 0 Å². The fourth-order valence-electron chi connectivity index (χ4n) is 0.413. The maximum Gasteiger partial charge on any atom is 0.102 e. The van der Waals surface area contributed by atoms with Gasteiger partial charge in [0.1, 0.15) is 10.1 Å². The van der Waals surface area contributed by atoms with E-state index in [1.807, 2.05) is 0 Å². The monoisotopic (exact) mass is 169 g/mol. The highest BCUT2D eigenvalue weighted by atomic mass is 32.2. The number of aliphatic hydroxyl groups excluding tert-OH is 1. The Labute approximate surface area is 59.4 Å². The van der Waals surface area contributed by atoms with Crippen molar-refractivity contribution in [1.29, 1.82) is 0 Å². The topological polar surface area (TPSA) is 86.7 Å². The van der Waals surface area contributed by atoms with Crippen LogP contribution >= 0.6 is 0 Å². The van der Waals surface area contributed by atoms with Gasteiger partial charge >= 0.3 is 0 Å². The van der Waals surface area contributed by atoms with Crippen LogP contribution in [0.2, 0.25) is 0 Å². The third-order valence-corrected chi connectivity index (χ3v) is 2.07. The molecule has 1 atom stereocenters. The molecule has 62 valence electrons. The van der Waals surface area contributed by atoms with Gasteiger partial charge in [-0.1, -0.05) is 0 Å². The Balaban J connectivity index is 4.08. The van der Waals surface area contributed by atoms with Crippen molar-refractivity contribution >= 4 is 10.1 Å². The van der Waals surface area contributed by atoms with Gasteiger partial charge in [0.2, 0.25) is 0 Å². The van der Waals surface area contributed by atoms with E-state index < -0.39 is 22.0 Å². The Morgan fingerprint density at radius 1 is 1.70 bits per heavy atom. The lowest BCUT2D eigenvalue weighted by Gasteiger charge is -2.16. The van der Waals surface area contributed by atoms with Crippen molar-refractivity contribution in [2.24, 2.45) is 0 Å². The number of rotatable bonds is 4. The first-order valence-corrected chi connectivity index (χ1v) is 4.04. The number of methoxy groups -OCH3 is 1. The summed E-state index contributed by atoms with van der Waals surface area (Å²) in [6, 6.07) is 0. The molecule has 0 aliphatic rings. The first kappa shape index (κ1) is 9.83. The van der Waals surface area contributed by atoms with Gasteiger partial charge in [-0.3, -0.25) is 0 Å². The molecule has 1 N–H and O–H groups in total. The van der Waals surface area contributed by atoms with Gasteiger partial charge in [-0.05, 0) is 0 Å². The van der Waals surface area contributed by atoms with Crippen LogP contribution in [0, 0.1) is 0 Å². The van der Waals surface area contributed by atoms with E-state index in [1.165, 1.54) is 7.11 Å². The molecule has 0 saturated carbocycles. The van der Waals surface area contributed by atoms with Crippen LogP contribution in [0.3, 0.4) is 0 Å². The minimum Gasteiger partial charge on any atom is -0.748 e. The molecule has 0 bridgehead atoms. The summed E-state index contributed by atoms with van der Waals surface area (Å²) in [5.41, 5.74) is 0. The van der Waals surface area contributed by atoms with Crippen molar-refractivity contribution < 1.29 is 22.8 Å². The van der Waals surface area contributed by atoms with Gasteiger partial charge in [0.05, 0.1) is 18.5 Å². The lowest BCUT2D eigenvalue weighted by atomic mass is 10.5. The lowest BCUT2D eigenvalue weighted by molar-refractivity contribution is 0.164. The zero-order chi connectivity index (χ0) is 8.20. The fourth-order valence-corrected chi connectivity index (χ4v) is 0.899. The molecular weight excluding hydrogens is 160 g/mol. The predicted octanol–water partition coefficient (Wildman–Crippen LogP) is -1.46. The molecular formula is C4H9O5S-. The molecule has 0 aliphatic heterocycles. The zero-order valence-electron chi connectivity index (χ0n) is 5.48. The van der Waals surface area contributed by atoms with Crippen LogP contribution in [0.4, 0.5) is 0 Å². The van der Waals surface area contributed by atoms with Crippen LogP contribution in [0.15, 0.2) is 0 Å². The van der Waals surface area contributed by atoms with Crippen LogP contribution in [-0.4, -0.2) is 43.7 Å². The predicted molar refractivity (Wildman–Crippen MR) is 32.4 cm³/mol. The molecule has 1 unspecified atom stereocenters. The van der Waals surface area contributed by atoms with Gasteiger partial charge in [-0.2, -0.15) is 0 Å². The van der Waals surface area contributed by atoms with E-state index in [1.54, 1.807) is 0 Å². The largest absolute Gasteiger partial charge is 0.748 e. The van der Waals surface area contributed by atoms with E-state index >= 15 is 0 Å². The third kappa shape index (κ3) is 3.11. The fraction of sp³-hybridized carbons (Fsp3) is 1.00. The average Bonchev–Trinajstić information content (AvgIpc) is 1.80. The number of hydrogen-bond acceptors (Lipinski definition) is 5. The summed E-state index contributed by atoms with van der Waals surface area (Å²) in [5, 5.41) is 7.00. The lowest BCUT2D eigenvalue weighted by Crippen LogP contribution is -2.29. The Morgan fingerprint density at radius 3 is 2.30 bits per heavy atom. The van der Waals surface area contributed by atoms with Crippen LogP contribution < -0.4 is 0 Å². The summed E-state index contributed by atoms with van der Waals surface area (Å²) in [6.07, 6.45) is 0. The Kier molecular flexibility index (Phi) is 3.80. The van der Waals surface area contributed by atoms with Crippen molar-refractivity contribution in [2.75, 3.05) is 20.3 Å². The molecule has 6 heteroatoms. The number of ether oxygens (including phenoxy) is 1. The summed E-state index contributed by atoms with van der Waals surface area (Å²) in [5.74, 6) is 0. The average molecular weight is 169 g/mol. The van der Waals surface area contributed by atoms with E-state index in [0.29, 0.717) is 0 Å². The van der Waals surface area contributed by atoms with E-state index in [2.05, 4.69) is 4.74 Å². The second kappa shape index (κ2) is 3.87.